The van der Waals surface area contributed by atoms with E-state index in [1.807, 2.05) is 30.3 Å². The van der Waals surface area contributed by atoms with E-state index in [1.165, 1.54) is 0 Å². The van der Waals surface area contributed by atoms with Gasteiger partial charge in [-0.05, 0) is 36.8 Å². The van der Waals surface area contributed by atoms with Gasteiger partial charge >= 0.3 is 0 Å². The Morgan fingerprint density at radius 2 is 1.62 bits per heavy atom. The van der Waals surface area contributed by atoms with Gasteiger partial charge in [-0.2, -0.15) is 0 Å². The molecule has 32 heavy (non-hydrogen) atoms. The number of nitrogens with zero attached hydrogens (tertiary/aromatic N) is 3. The summed E-state index contributed by atoms with van der Waals surface area (Å²) < 4.78 is 11.5. The number of piperazine rings is 1. The van der Waals surface area contributed by atoms with E-state index in [4.69, 9.17) is 9.47 Å². The first-order valence-corrected chi connectivity index (χ1v) is 11.0. The van der Waals surface area contributed by atoms with E-state index in [1.54, 1.807) is 32.9 Å². The number of carbonyl (C=O) groups excluding carboxylic acids is 3. The number of fused-ring (bicyclic) bond motifs is 1. The third kappa shape index (κ3) is 3.88. The number of carbonyl (C=O) groups is 3. The lowest BCUT2D eigenvalue weighted by Gasteiger charge is -2.37. The van der Waals surface area contributed by atoms with Crippen molar-refractivity contribution >= 4 is 23.4 Å². The number of para-hydroxylation sites is 2. The van der Waals surface area contributed by atoms with Crippen molar-refractivity contribution < 1.29 is 23.9 Å². The zero-order valence-corrected chi connectivity index (χ0v) is 17.7. The first kappa shape index (κ1) is 20.4. The van der Waals surface area contributed by atoms with Crippen LogP contribution in [0.3, 0.4) is 0 Å². The molecule has 0 N–H and O–H groups in total. The van der Waals surface area contributed by atoms with Gasteiger partial charge in [-0.3, -0.25) is 14.4 Å². The predicted molar refractivity (Wildman–Crippen MR) is 117 cm³/mol. The summed E-state index contributed by atoms with van der Waals surface area (Å²) in [4.78, 5) is 43.2. The molecule has 3 amide bonds. The van der Waals surface area contributed by atoms with Gasteiger partial charge in [-0.25, -0.2) is 0 Å². The fraction of sp³-hybridized carbons (Fsp3) is 0.375. The maximum atomic E-state index is 13.0. The van der Waals surface area contributed by atoms with Crippen LogP contribution in [0.4, 0.5) is 5.69 Å². The van der Waals surface area contributed by atoms with Gasteiger partial charge in [0.05, 0.1) is 0 Å². The standard InChI is InChI=1S/C24H25N3O5/c28-22-9-4-10-27(22)18-6-3-5-17(15-18)23(29)25-11-13-26(14-12-25)24(30)21-16-31-19-7-1-2-8-20(19)32-21/h1-3,5-8,15,21H,4,9-14,16H2/t21-/m0/s1. The molecule has 2 fully saturated rings. The zero-order valence-electron chi connectivity index (χ0n) is 17.7. The Balaban J connectivity index is 1.19. The third-order valence-electron chi connectivity index (χ3n) is 6.14. The van der Waals surface area contributed by atoms with Crippen molar-refractivity contribution in [2.75, 3.05) is 44.2 Å². The highest BCUT2D eigenvalue weighted by molar-refractivity contribution is 5.99. The van der Waals surface area contributed by atoms with Gasteiger partial charge in [0.1, 0.15) is 6.61 Å². The molecule has 0 bridgehead atoms. The molecule has 2 aromatic carbocycles. The molecule has 8 nitrogen and oxygen atoms in total. The molecule has 2 saturated heterocycles. The fourth-order valence-corrected chi connectivity index (χ4v) is 4.39. The molecule has 0 aliphatic carbocycles. The summed E-state index contributed by atoms with van der Waals surface area (Å²) >= 11 is 0. The van der Waals surface area contributed by atoms with Crippen molar-refractivity contribution in [2.45, 2.75) is 18.9 Å². The monoisotopic (exact) mass is 435 g/mol. The normalized spacial score (nSPS) is 20.4. The Hall–Kier alpha value is -3.55. The van der Waals surface area contributed by atoms with Crippen molar-refractivity contribution in [1.29, 1.82) is 0 Å². The maximum absolute atomic E-state index is 13.0. The minimum atomic E-state index is -0.679. The van der Waals surface area contributed by atoms with Crippen LogP contribution < -0.4 is 14.4 Å². The summed E-state index contributed by atoms with van der Waals surface area (Å²) in [7, 11) is 0. The molecule has 3 heterocycles. The minimum absolute atomic E-state index is 0.0863. The highest BCUT2D eigenvalue weighted by Crippen LogP contribution is 2.31. The van der Waals surface area contributed by atoms with Crippen LogP contribution in [0.25, 0.3) is 0 Å². The molecule has 0 unspecified atom stereocenters. The predicted octanol–water partition coefficient (Wildman–Crippen LogP) is 1.94. The Kier molecular flexibility index (Phi) is 5.43. The lowest BCUT2D eigenvalue weighted by molar-refractivity contribution is -0.142. The van der Waals surface area contributed by atoms with E-state index in [9.17, 15) is 14.4 Å². The second-order valence-corrected chi connectivity index (χ2v) is 8.18. The van der Waals surface area contributed by atoms with E-state index in [-0.39, 0.29) is 24.3 Å². The summed E-state index contributed by atoms with van der Waals surface area (Å²) in [6, 6.07) is 14.5. The molecular formula is C24H25N3O5. The summed E-state index contributed by atoms with van der Waals surface area (Å²) in [5, 5.41) is 0. The van der Waals surface area contributed by atoms with Crippen LogP contribution in [0.5, 0.6) is 11.5 Å². The lowest BCUT2D eigenvalue weighted by atomic mass is 10.1. The van der Waals surface area contributed by atoms with Crippen molar-refractivity contribution in [3.05, 3.63) is 54.1 Å². The molecule has 166 valence electrons. The van der Waals surface area contributed by atoms with Crippen LogP contribution in [0.15, 0.2) is 48.5 Å². The smallest absolute Gasteiger partial charge is 0.267 e. The summed E-state index contributed by atoms with van der Waals surface area (Å²) in [5.41, 5.74) is 1.32. The molecule has 2 aromatic rings. The Bertz CT molecular complexity index is 1050. The fourth-order valence-electron chi connectivity index (χ4n) is 4.39. The molecule has 0 aromatic heterocycles. The second-order valence-electron chi connectivity index (χ2n) is 8.18. The van der Waals surface area contributed by atoms with Crippen molar-refractivity contribution in [1.82, 2.24) is 9.80 Å². The van der Waals surface area contributed by atoms with Crippen LogP contribution in [0.1, 0.15) is 23.2 Å². The SMILES string of the molecule is O=C(c1cccc(N2CCCC2=O)c1)N1CCN(C(=O)[C@@H]2COc3ccccc3O2)CC1. The van der Waals surface area contributed by atoms with Crippen LogP contribution in [-0.2, 0) is 9.59 Å². The number of rotatable bonds is 3. The Morgan fingerprint density at radius 3 is 2.38 bits per heavy atom. The Morgan fingerprint density at radius 1 is 0.875 bits per heavy atom. The second kappa shape index (κ2) is 8.53. The van der Waals surface area contributed by atoms with Gasteiger partial charge in [0.25, 0.3) is 11.8 Å². The van der Waals surface area contributed by atoms with Gasteiger partial charge in [0.2, 0.25) is 12.0 Å². The van der Waals surface area contributed by atoms with Crippen LogP contribution in [0.2, 0.25) is 0 Å². The van der Waals surface area contributed by atoms with E-state index in [0.717, 1.165) is 12.1 Å². The van der Waals surface area contributed by atoms with Crippen LogP contribution in [0, 0.1) is 0 Å². The summed E-state index contributed by atoms with van der Waals surface area (Å²) in [6.07, 6.45) is 0.714. The average Bonchev–Trinajstić information content (AvgIpc) is 3.29. The van der Waals surface area contributed by atoms with Crippen molar-refractivity contribution in [2.24, 2.45) is 0 Å². The van der Waals surface area contributed by atoms with E-state index >= 15 is 0 Å². The molecule has 0 radical (unpaired) electrons. The van der Waals surface area contributed by atoms with Gasteiger partial charge in [0.15, 0.2) is 11.5 Å². The van der Waals surface area contributed by atoms with Gasteiger partial charge in [0, 0.05) is 50.4 Å². The van der Waals surface area contributed by atoms with E-state index in [0.29, 0.717) is 56.2 Å². The molecule has 3 aliphatic heterocycles. The molecule has 0 saturated carbocycles. The first-order valence-electron chi connectivity index (χ1n) is 11.0. The number of hydrogen-bond donors (Lipinski definition) is 0. The summed E-state index contributed by atoms with van der Waals surface area (Å²) in [5.74, 6) is 1.10. The maximum Gasteiger partial charge on any atom is 0.267 e. The highest BCUT2D eigenvalue weighted by atomic mass is 16.6. The van der Waals surface area contributed by atoms with E-state index < -0.39 is 6.10 Å². The van der Waals surface area contributed by atoms with Gasteiger partial charge in [-0.1, -0.05) is 18.2 Å². The summed E-state index contributed by atoms with van der Waals surface area (Å²) in [6.45, 7) is 2.64. The number of benzene rings is 2. The quantitative estimate of drug-likeness (QED) is 0.736. The molecule has 3 aliphatic rings. The van der Waals surface area contributed by atoms with Crippen molar-refractivity contribution in [3.8, 4) is 11.5 Å². The van der Waals surface area contributed by atoms with Gasteiger partial charge < -0.3 is 24.2 Å². The van der Waals surface area contributed by atoms with Crippen LogP contribution >= 0.6 is 0 Å². The topological polar surface area (TPSA) is 79.4 Å². The highest BCUT2D eigenvalue weighted by Gasteiger charge is 2.33. The molecule has 0 spiro atoms. The zero-order chi connectivity index (χ0) is 22.1. The van der Waals surface area contributed by atoms with Crippen molar-refractivity contribution in [3.63, 3.8) is 0 Å². The first-order chi connectivity index (χ1) is 15.6. The lowest BCUT2D eigenvalue weighted by Crippen LogP contribution is -2.55. The largest absolute Gasteiger partial charge is 0.485 e. The number of anilines is 1. The molecular weight excluding hydrogens is 410 g/mol. The number of ether oxygens (including phenoxy) is 2. The average molecular weight is 435 g/mol. The molecule has 1 atom stereocenters. The third-order valence-corrected chi connectivity index (χ3v) is 6.14. The van der Waals surface area contributed by atoms with Gasteiger partial charge in [-0.15, -0.1) is 0 Å². The number of hydrogen-bond acceptors (Lipinski definition) is 5. The Labute approximate surface area is 186 Å². The molecule has 5 rings (SSSR count). The van der Waals surface area contributed by atoms with E-state index in [2.05, 4.69) is 0 Å². The minimum Gasteiger partial charge on any atom is -0.485 e. The molecule has 8 heteroatoms. The number of amides is 3. The van der Waals surface area contributed by atoms with Crippen LogP contribution in [-0.4, -0.2) is 73.0 Å².